The van der Waals surface area contributed by atoms with Gasteiger partial charge in [-0.05, 0) is 12.8 Å². The highest BCUT2D eigenvalue weighted by Crippen LogP contribution is 2.28. The fraction of sp³-hybridized carbons (Fsp3) is 1.00. The molecule has 3 heteroatoms. The Bertz CT molecular complexity index is 101. The van der Waals surface area contributed by atoms with Gasteiger partial charge in [-0.3, -0.25) is 0 Å². The Kier molecular flexibility index (Phi) is 7.23. The fourth-order valence-corrected chi connectivity index (χ4v) is 1.40. The first kappa shape index (κ1) is 12.9. The van der Waals surface area contributed by atoms with Crippen LogP contribution in [0.2, 0.25) is 0 Å². The van der Waals surface area contributed by atoms with E-state index in [-0.39, 0.29) is 18.8 Å². The molecule has 0 heterocycles. The quantitative estimate of drug-likeness (QED) is 0.571. The van der Waals surface area contributed by atoms with Crippen LogP contribution < -0.4 is 0 Å². The largest absolute Gasteiger partial charge is 0.396 e. The third kappa shape index (κ3) is 4.60. The zero-order valence-corrected chi connectivity index (χ0v) is 8.75. The average molecular weight is 190 g/mol. The summed E-state index contributed by atoms with van der Waals surface area (Å²) in [7, 11) is 0. The van der Waals surface area contributed by atoms with Gasteiger partial charge in [0.1, 0.15) is 6.79 Å². The van der Waals surface area contributed by atoms with E-state index in [2.05, 4.69) is 6.92 Å². The molecule has 1 atom stereocenters. The van der Waals surface area contributed by atoms with Gasteiger partial charge in [0.2, 0.25) is 0 Å². The van der Waals surface area contributed by atoms with Crippen molar-refractivity contribution in [3.63, 3.8) is 0 Å². The number of hydrogen-bond donors (Lipinski definition) is 2. The van der Waals surface area contributed by atoms with Gasteiger partial charge in [0, 0.05) is 5.41 Å². The molecule has 2 N–H and O–H groups in total. The third-order valence-corrected chi connectivity index (χ3v) is 2.65. The number of unbranched alkanes of at least 4 members (excludes halogenated alkanes) is 1. The van der Waals surface area contributed by atoms with Gasteiger partial charge >= 0.3 is 0 Å². The highest BCUT2D eigenvalue weighted by molar-refractivity contribution is 4.76. The number of hydrogen-bond acceptors (Lipinski definition) is 3. The second-order valence-electron chi connectivity index (χ2n) is 3.59. The smallest absolute Gasteiger partial charge is 0.143 e. The summed E-state index contributed by atoms with van der Waals surface area (Å²) in [4.78, 5) is 0. The zero-order chi connectivity index (χ0) is 10.2. The van der Waals surface area contributed by atoms with Crippen molar-refractivity contribution >= 4 is 0 Å². The molecule has 80 valence electrons. The summed E-state index contributed by atoms with van der Waals surface area (Å²) in [6.45, 7) is 4.52. The molecule has 1 unspecified atom stereocenters. The Labute approximate surface area is 80.7 Å². The topological polar surface area (TPSA) is 49.7 Å². The molecule has 0 aromatic heterocycles. The molecule has 0 aliphatic carbocycles. The molecule has 0 aromatic rings. The number of rotatable bonds is 8. The average Bonchev–Trinajstić information content (AvgIpc) is 2.20. The van der Waals surface area contributed by atoms with Crippen LogP contribution in [0.4, 0.5) is 0 Å². The van der Waals surface area contributed by atoms with Crippen LogP contribution in [0.1, 0.15) is 39.5 Å². The third-order valence-electron chi connectivity index (χ3n) is 2.65. The Morgan fingerprint density at radius 2 is 1.92 bits per heavy atom. The maximum atomic E-state index is 9.27. The van der Waals surface area contributed by atoms with Crippen LogP contribution in [0.15, 0.2) is 0 Å². The van der Waals surface area contributed by atoms with Crippen LogP contribution in [0.3, 0.4) is 0 Å². The lowest BCUT2D eigenvalue weighted by Crippen LogP contribution is -2.30. The van der Waals surface area contributed by atoms with Gasteiger partial charge in [-0.25, -0.2) is 0 Å². The molecule has 0 saturated heterocycles. The van der Waals surface area contributed by atoms with Gasteiger partial charge in [0.25, 0.3) is 0 Å². The van der Waals surface area contributed by atoms with Gasteiger partial charge in [-0.2, -0.15) is 0 Å². The SMILES string of the molecule is CCCCC(CC)(CO)COCO. The lowest BCUT2D eigenvalue weighted by atomic mass is 9.82. The summed E-state index contributed by atoms with van der Waals surface area (Å²) in [6, 6.07) is 0. The number of ether oxygens (including phenoxy) is 1. The summed E-state index contributed by atoms with van der Waals surface area (Å²) in [5.74, 6) is 0. The minimum absolute atomic E-state index is 0.140. The van der Waals surface area contributed by atoms with E-state index in [0.717, 1.165) is 25.7 Å². The van der Waals surface area contributed by atoms with Crippen molar-refractivity contribution in [1.82, 2.24) is 0 Å². The molecule has 0 aliphatic heterocycles. The minimum Gasteiger partial charge on any atom is -0.396 e. The van der Waals surface area contributed by atoms with Gasteiger partial charge in [0.05, 0.1) is 13.2 Å². The van der Waals surface area contributed by atoms with Gasteiger partial charge in [-0.1, -0.05) is 26.7 Å². The van der Waals surface area contributed by atoms with E-state index in [9.17, 15) is 5.11 Å². The normalized spacial score (nSPS) is 15.7. The molecular weight excluding hydrogens is 168 g/mol. The van der Waals surface area contributed by atoms with Crippen molar-refractivity contribution in [2.24, 2.45) is 5.41 Å². The summed E-state index contributed by atoms with van der Waals surface area (Å²) in [5, 5.41) is 17.8. The second kappa shape index (κ2) is 7.30. The second-order valence-corrected chi connectivity index (χ2v) is 3.59. The van der Waals surface area contributed by atoms with Crippen LogP contribution in [0.25, 0.3) is 0 Å². The van der Waals surface area contributed by atoms with Crippen molar-refractivity contribution in [2.45, 2.75) is 39.5 Å². The van der Waals surface area contributed by atoms with Crippen molar-refractivity contribution in [3.05, 3.63) is 0 Å². The van der Waals surface area contributed by atoms with Crippen LogP contribution >= 0.6 is 0 Å². The van der Waals surface area contributed by atoms with Gasteiger partial charge in [-0.15, -0.1) is 0 Å². The van der Waals surface area contributed by atoms with E-state index in [0.29, 0.717) is 6.61 Å². The molecule has 0 spiro atoms. The standard InChI is InChI=1S/C10H22O3/c1-3-5-6-10(4-2,7-11)8-13-9-12/h11-12H,3-9H2,1-2H3. The summed E-state index contributed by atoms with van der Waals surface area (Å²) >= 11 is 0. The Balaban J connectivity index is 3.97. The molecule has 0 bridgehead atoms. The first-order chi connectivity index (χ1) is 6.24. The van der Waals surface area contributed by atoms with E-state index in [1.165, 1.54) is 0 Å². The summed E-state index contributed by atoms with van der Waals surface area (Å²) in [5.41, 5.74) is -0.140. The first-order valence-electron chi connectivity index (χ1n) is 5.04. The minimum atomic E-state index is -0.256. The fourth-order valence-electron chi connectivity index (χ4n) is 1.40. The van der Waals surface area contributed by atoms with E-state index in [1.807, 2.05) is 6.92 Å². The van der Waals surface area contributed by atoms with Crippen molar-refractivity contribution in [1.29, 1.82) is 0 Å². The molecule has 0 amide bonds. The van der Waals surface area contributed by atoms with E-state index >= 15 is 0 Å². The van der Waals surface area contributed by atoms with Crippen molar-refractivity contribution in [3.8, 4) is 0 Å². The molecule has 3 nitrogen and oxygen atoms in total. The highest BCUT2D eigenvalue weighted by Gasteiger charge is 2.26. The molecule has 0 saturated carbocycles. The molecule has 0 fully saturated rings. The van der Waals surface area contributed by atoms with E-state index in [4.69, 9.17) is 9.84 Å². The predicted molar refractivity (Wildman–Crippen MR) is 52.4 cm³/mol. The molecule has 13 heavy (non-hydrogen) atoms. The molecule has 0 aromatic carbocycles. The zero-order valence-electron chi connectivity index (χ0n) is 8.75. The van der Waals surface area contributed by atoms with E-state index in [1.54, 1.807) is 0 Å². The maximum absolute atomic E-state index is 9.27. The van der Waals surface area contributed by atoms with Gasteiger partial charge in [0.15, 0.2) is 0 Å². The first-order valence-corrected chi connectivity index (χ1v) is 5.04. The van der Waals surface area contributed by atoms with Crippen molar-refractivity contribution < 1.29 is 14.9 Å². The monoisotopic (exact) mass is 190 g/mol. The lowest BCUT2D eigenvalue weighted by Gasteiger charge is -2.29. The van der Waals surface area contributed by atoms with Crippen molar-refractivity contribution in [2.75, 3.05) is 20.0 Å². The van der Waals surface area contributed by atoms with Gasteiger partial charge < -0.3 is 14.9 Å². The number of aliphatic hydroxyl groups is 2. The molecular formula is C10H22O3. The Morgan fingerprint density at radius 3 is 2.31 bits per heavy atom. The van der Waals surface area contributed by atoms with Crippen LogP contribution in [0, 0.1) is 5.41 Å². The predicted octanol–water partition coefficient (Wildman–Crippen LogP) is 1.53. The highest BCUT2D eigenvalue weighted by atomic mass is 16.6. The maximum Gasteiger partial charge on any atom is 0.143 e. The molecule has 0 aliphatic rings. The van der Waals surface area contributed by atoms with Crippen LogP contribution in [0.5, 0.6) is 0 Å². The Hall–Kier alpha value is -0.120. The lowest BCUT2D eigenvalue weighted by molar-refractivity contribution is -0.0640. The molecule has 0 rings (SSSR count). The van der Waals surface area contributed by atoms with E-state index < -0.39 is 0 Å². The molecule has 0 radical (unpaired) electrons. The van der Waals surface area contributed by atoms with Crippen LogP contribution in [-0.4, -0.2) is 30.2 Å². The Morgan fingerprint density at radius 1 is 1.23 bits per heavy atom. The van der Waals surface area contributed by atoms with Crippen LogP contribution in [-0.2, 0) is 4.74 Å². The summed E-state index contributed by atoms with van der Waals surface area (Å²) in [6.07, 6.45) is 4.09. The number of aliphatic hydroxyl groups excluding tert-OH is 2. The summed E-state index contributed by atoms with van der Waals surface area (Å²) < 4.78 is 4.97.